The van der Waals surface area contributed by atoms with Gasteiger partial charge in [-0.1, -0.05) is 74.9 Å². The Balaban J connectivity index is 2.18. The average Bonchev–Trinajstić information content (AvgIpc) is 2.50. The van der Waals surface area contributed by atoms with Crippen molar-refractivity contribution in [3.05, 3.63) is 71.3 Å². The van der Waals surface area contributed by atoms with Gasteiger partial charge in [-0.25, -0.2) is 0 Å². The van der Waals surface area contributed by atoms with Gasteiger partial charge in [-0.15, -0.1) is 0 Å². The smallest absolute Gasteiger partial charge is 0.0364 e. The maximum Gasteiger partial charge on any atom is 0.0364 e. The molecule has 0 heterocycles. The molecular weight excluding hydrogens is 242 g/mol. The molecule has 2 atom stereocenters. The van der Waals surface area contributed by atoms with E-state index in [2.05, 4.69) is 68.4 Å². The lowest BCUT2D eigenvalue weighted by Crippen LogP contribution is -2.19. The summed E-state index contributed by atoms with van der Waals surface area (Å²) in [7, 11) is 0. The largest absolute Gasteiger partial charge is 0.323 e. The predicted molar refractivity (Wildman–Crippen MR) is 86.8 cm³/mol. The number of nitrogens with two attached hydrogens (primary N) is 1. The summed E-state index contributed by atoms with van der Waals surface area (Å²) in [5.74, 6) is 0.383. The molecule has 1 heteroatoms. The second-order valence-corrected chi connectivity index (χ2v) is 5.44. The molecule has 0 saturated carbocycles. The van der Waals surface area contributed by atoms with Crippen molar-refractivity contribution in [2.45, 2.75) is 45.1 Å². The van der Waals surface area contributed by atoms with Gasteiger partial charge in [0.2, 0.25) is 0 Å². The van der Waals surface area contributed by atoms with E-state index in [0.717, 1.165) is 12.8 Å². The van der Waals surface area contributed by atoms with E-state index in [9.17, 15) is 0 Å². The Labute approximate surface area is 122 Å². The highest BCUT2D eigenvalue weighted by Crippen LogP contribution is 2.31. The molecule has 2 aromatic rings. The standard InChI is InChI=1S/C19H25N/c1-3-8-15-11-13-17(14-12-15)19(20)18(4-2)16-9-6-5-7-10-16/h5-7,9-14,18-19H,3-4,8,20H2,1-2H3. The zero-order valence-corrected chi connectivity index (χ0v) is 12.5. The van der Waals surface area contributed by atoms with Crippen LogP contribution in [0.15, 0.2) is 54.6 Å². The van der Waals surface area contributed by atoms with Crippen molar-refractivity contribution in [2.75, 3.05) is 0 Å². The Kier molecular flexibility index (Phi) is 5.37. The third-order valence-corrected chi connectivity index (χ3v) is 4.00. The zero-order valence-electron chi connectivity index (χ0n) is 12.5. The molecule has 0 saturated heterocycles. The second-order valence-electron chi connectivity index (χ2n) is 5.44. The minimum absolute atomic E-state index is 0.0677. The van der Waals surface area contributed by atoms with Gasteiger partial charge in [0.25, 0.3) is 0 Å². The van der Waals surface area contributed by atoms with E-state index in [1.807, 2.05) is 0 Å². The van der Waals surface area contributed by atoms with E-state index < -0.39 is 0 Å². The Morgan fingerprint density at radius 1 is 0.850 bits per heavy atom. The van der Waals surface area contributed by atoms with Gasteiger partial charge in [0, 0.05) is 12.0 Å². The van der Waals surface area contributed by atoms with E-state index >= 15 is 0 Å². The first-order valence-corrected chi connectivity index (χ1v) is 7.65. The van der Waals surface area contributed by atoms with Gasteiger partial charge in [0.1, 0.15) is 0 Å². The van der Waals surface area contributed by atoms with Crippen LogP contribution in [0.1, 0.15) is 55.3 Å². The lowest BCUT2D eigenvalue weighted by molar-refractivity contribution is 0.539. The van der Waals surface area contributed by atoms with Crippen LogP contribution in [0.4, 0.5) is 0 Å². The average molecular weight is 267 g/mol. The van der Waals surface area contributed by atoms with Crippen LogP contribution in [0.2, 0.25) is 0 Å². The zero-order chi connectivity index (χ0) is 14.4. The minimum Gasteiger partial charge on any atom is -0.323 e. The molecule has 0 aliphatic rings. The van der Waals surface area contributed by atoms with Crippen LogP contribution < -0.4 is 5.73 Å². The normalized spacial score (nSPS) is 13.9. The minimum atomic E-state index is 0.0677. The predicted octanol–water partition coefficient (Wildman–Crippen LogP) is 4.83. The molecule has 0 aromatic heterocycles. The molecule has 0 fully saturated rings. The number of hydrogen-bond donors (Lipinski definition) is 1. The molecule has 106 valence electrons. The van der Waals surface area contributed by atoms with E-state index in [0.29, 0.717) is 5.92 Å². The monoisotopic (exact) mass is 267 g/mol. The third-order valence-electron chi connectivity index (χ3n) is 4.00. The van der Waals surface area contributed by atoms with Crippen LogP contribution in [0.25, 0.3) is 0 Å². The Hall–Kier alpha value is -1.60. The molecule has 0 radical (unpaired) electrons. The van der Waals surface area contributed by atoms with E-state index in [-0.39, 0.29) is 6.04 Å². The lowest BCUT2D eigenvalue weighted by Gasteiger charge is -2.23. The summed E-state index contributed by atoms with van der Waals surface area (Å²) in [5.41, 5.74) is 10.5. The van der Waals surface area contributed by atoms with Crippen LogP contribution in [-0.2, 0) is 6.42 Å². The fourth-order valence-electron chi connectivity index (χ4n) is 2.82. The van der Waals surface area contributed by atoms with Crippen molar-refractivity contribution < 1.29 is 0 Å². The summed E-state index contributed by atoms with van der Waals surface area (Å²) in [4.78, 5) is 0. The first-order valence-electron chi connectivity index (χ1n) is 7.65. The Morgan fingerprint density at radius 3 is 2.05 bits per heavy atom. The van der Waals surface area contributed by atoms with Crippen LogP contribution in [0.3, 0.4) is 0 Å². The number of aryl methyl sites for hydroxylation is 1. The summed E-state index contributed by atoms with van der Waals surface area (Å²) >= 11 is 0. The third kappa shape index (κ3) is 3.49. The molecule has 2 aromatic carbocycles. The fraction of sp³-hybridized carbons (Fsp3) is 0.368. The quantitative estimate of drug-likeness (QED) is 0.796. The molecule has 1 nitrogen and oxygen atoms in total. The highest BCUT2D eigenvalue weighted by Gasteiger charge is 2.19. The highest BCUT2D eigenvalue weighted by atomic mass is 14.7. The van der Waals surface area contributed by atoms with Gasteiger partial charge in [-0.05, 0) is 29.5 Å². The van der Waals surface area contributed by atoms with Gasteiger partial charge in [0.15, 0.2) is 0 Å². The first-order chi connectivity index (χ1) is 9.76. The molecule has 20 heavy (non-hydrogen) atoms. The number of rotatable bonds is 6. The molecule has 0 spiro atoms. The molecule has 0 aliphatic carbocycles. The van der Waals surface area contributed by atoms with Crippen LogP contribution in [0, 0.1) is 0 Å². The topological polar surface area (TPSA) is 26.0 Å². The summed E-state index contributed by atoms with van der Waals surface area (Å²) in [6.45, 7) is 4.42. The Morgan fingerprint density at radius 2 is 1.50 bits per heavy atom. The summed E-state index contributed by atoms with van der Waals surface area (Å²) < 4.78 is 0. The maximum atomic E-state index is 6.51. The van der Waals surface area contributed by atoms with Crippen molar-refractivity contribution in [3.63, 3.8) is 0 Å². The van der Waals surface area contributed by atoms with Gasteiger partial charge in [0.05, 0.1) is 0 Å². The van der Waals surface area contributed by atoms with Crippen LogP contribution in [-0.4, -0.2) is 0 Å². The van der Waals surface area contributed by atoms with Gasteiger partial charge in [-0.3, -0.25) is 0 Å². The maximum absolute atomic E-state index is 6.51. The number of benzene rings is 2. The van der Waals surface area contributed by atoms with Crippen molar-refractivity contribution in [2.24, 2.45) is 5.73 Å². The van der Waals surface area contributed by atoms with Gasteiger partial charge >= 0.3 is 0 Å². The SMILES string of the molecule is CCCc1ccc(C(N)C(CC)c2ccccc2)cc1. The summed E-state index contributed by atoms with van der Waals surface area (Å²) in [5, 5.41) is 0. The molecule has 2 N–H and O–H groups in total. The van der Waals surface area contributed by atoms with Crippen molar-refractivity contribution in [1.29, 1.82) is 0 Å². The van der Waals surface area contributed by atoms with Crippen molar-refractivity contribution in [1.82, 2.24) is 0 Å². The van der Waals surface area contributed by atoms with E-state index in [1.54, 1.807) is 0 Å². The van der Waals surface area contributed by atoms with Gasteiger partial charge < -0.3 is 5.73 Å². The number of hydrogen-bond acceptors (Lipinski definition) is 1. The summed E-state index contributed by atoms with van der Waals surface area (Å²) in [6.07, 6.45) is 3.39. The Bertz CT molecular complexity index is 501. The summed E-state index contributed by atoms with van der Waals surface area (Å²) in [6, 6.07) is 19.5. The molecule has 0 aliphatic heterocycles. The van der Waals surface area contributed by atoms with E-state index in [1.165, 1.54) is 23.1 Å². The molecular formula is C19H25N. The molecule has 2 unspecified atom stereocenters. The second kappa shape index (κ2) is 7.25. The van der Waals surface area contributed by atoms with Crippen LogP contribution >= 0.6 is 0 Å². The molecule has 0 amide bonds. The lowest BCUT2D eigenvalue weighted by atomic mass is 9.85. The van der Waals surface area contributed by atoms with E-state index in [4.69, 9.17) is 5.73 Å². The fourth-order valence-corrected chi connectivity index (χ4v) is 2.82. The first kappa shape index (κ1) is 14.8. The molecule has 0 bridgehead atoms. The molecule has 2 rings (SSSR count). The van der Waals surface area contributed by atoms with Crippen molar-refractivity contribution in [3.8, 4) is 0 Å². The van der Waals surface area contributed by atoms with Gasteiger partial charge in [-0.2, -0.15) is 0 Å². The highest BCUT2D eigenvalue weighted by molar-refractivity contribution is 5.30. The van der Waals surface area contributed by atoms with Crippen LogP contribution in [0.5, 0.6) is 0 Å². The van der Waals surface area contributed by atoms with Crippen molar-refractivity contribution >= 4 is 0 Å².